The van der Waals surface area contributed by atoms with Gasteiger partial charge >= 0.3 is 11.8 Å². The second kappa shape index (κ2) is 7.96. The number of H-pyrrole nitrogens is 1. The van der Waals surface area contributed by atoms with E-state index in [1.807, 2.05) is 30.3 Å². The van der Waals surface area contributed by atoms with E-state index < -0.39 is 11.8 Å². The molecule has 0 fully saturated rings. The van der Waals surface area contributed by atoms with Crippen LogP contribution in [0.15, 0.2) is 60.8 Å². The zero-order valence-corrected chi connectivity index (χ0v) is 15.1. The molecular formula is C21H20N4O3. The van der Waals surface area contributed by atoms with Crippen LogP contribution in [0.4, 0.5) is 5.69 Å². The lowest BCUT2D eigenvalue weighted by Gasteiger charge is -2.22. The van der Waals surface area contributed by atoms with Crippen molar-refractivity contribution in [3.63, 3.8) is 0 Å². The lowest BCUT2D eigenvalue weighted by Crippen LogP contribution is -2.44. The number of hydrogen-bond donors (Lipinski definition) is 3. The summed E-state index contributed by atoms with van der Waals surface area (Å²) < 4.78 is 5.75. The highest BCUT2D eigenvalue weighted by atomic mass is 16.5. The van der Waals surface area contributed by atoms with Crippen molar-refractivity contribution in [2.75, 3.05) is 5.32 Å². The first-order chi connectivity index (χ1) is 13.7. The minimum absolute atomic E-state index is 0.0731. The molecule has 0 radical (unpaired) electrons. The molecule has 0 saturated carbocycles. The topological polar surface area (TPSA) is 96.1 Å². The number of nitrogens with zero attached hydrogens (tertiary/aromatic N) is 1. The third-order valence-electron chi connectivity index (χ3n) is 4.63. The van der Waals surface area contributed by atoms with Gasteiger partial charge in [-0.1, -0.05) is 24.3 Å². The molecule has 7 heteroatoms. The number of amides is 2. The van der Waals surface area contributed by atoms with Gasteiger partial charge in [-0.15, -0.1) is 0 Å². The number of para-hydroxylation sites is 1. The van der Waals surface area contributed by atoms with Gasteiger partial charge in [-0.3, -0.25) is 14.7 Å². The maximum atomic E-state index is 12.3. The van der Waals surface area contributed by atoms with Crippen molar-refractivity contribution in [2.24, 2.45) is 0 Å². The number of benzene rings is 2. The second-order valence-corrected chi connectivity index (χ2v) is 6.68. The maximum absolute atomic E-state index is 12.3. The Hall–Kier alpha value is -3.61. The van der Waals surface area contributed by atoms with Crippen LogP contribution in [0.5, 0.6) is 11.5 Å². The van der Waals surface area contributed by atoms with E-state index in [9.17, 15) is 9.59 Å². The van der Waals surface area contributed by atoms with Gasteiger partial charge in [-0.2, -0.15) is 5.10 Å². The number of fused-ring (bicyclic) bond motifs is 1. The summed E-state index contributed by atoms with van der Waals surface area (Å²) in [6.07, 6.45) is 4.02. The fourth-order valence-corrected chi connectivity index (χ4v) is 3.24. The number of carbonyl (C=O) groups is 2. The lowest BCUT2D eigenvalue weighted by atomic mass is 9.93. The van der Waals surface area contributed by atoms with Crippen LogP contribution >= 0.6 is 0 Å². The number of hydrogen-bond acceptors (Lipinski definition) is 4. The Labute approximate surface area is 162 Å². The molecule has 0 aliphatic heterocycles. The lowest BCUT2D eigenvalue weighted by molar-refractivity contribution is -0.136. The van der Waals surface area contributed by atoms with Gasteiger partial charge in [0.1, 0.15) is 11.5 Å². The van der Waals surface area contributed by atoms with Crippen LogP contribution in [0.2, 0.25) is 0 Å². The zero-order valence-electron chi connectivity index (χ0n) is 15.1. The number of carbonyl (C=O) groups excluding carboxylic acids is 2. The van der Waals surface area contributed by atoms with Gasteiger partial charge in [0.25, 0.3) is 0 Å². The highest BCUT2D eigenvalue weighted by Crippen LogP contribution is 2.24. The van der Waals surface area contributed by atoms with Crippen molar-refractivity contribution in [3.05, 3.63) is 72.1 Å². The number of nitrogens with one attached hydrogen (secondary N) is 3. The Kier molecular flexibility index (Phi) is 5.05. The van der Waals surface area contributed by atoms with Crippen molar-refractivity contribution in [1.82, 2.24) is 15.5 Å². The molecule has 0 saturated heterocycles. The fourth-order valence-electron chi connectivity index (χ4n) is 3.24. The molecule has 1 unspecified atom stereocenters. The van der Waals surface area contributed by atoms with Gasteiger partial charge in [0.15, 0.2) is 0 Å². The molecule has 0 bridgehead atoms. The van der Waals surface area contributed by atoms with Gasteiger partial charge in [0.05, 0.1) is 6.20 Å². The van der Waals surface area contributed by atoms with Crippen LogP contribution < -0.4 is 15.4 Å². The van der Waals surface area contributed by atoms with Crippen LogP contribution in [0.1, 0.15) is 17.7 Å². The molecule has 28 heavy (non-hydrogen) atoms. The second-order valence-electron chi connectivity index (χ2n) is 6.68. The normalized spacial score (nSPS) is 15.4. The minimum Gasteiger partial charge on any atom is -0.457 e. The van der Waals surface area contributed by atoms with E-state index in [2.05, 4.69) is 20.8 Å². The smallest absolute Gasteiger partial charge is 0.313 e. The third kappa shape index (κ3) is 4.20. The zero-order chi connectivity index (χ0) is 19.3. The molecule has 142 valence electrons. The number of anilines is 1. The molecule has 7 nitrogen and oxygen atoms in total. The van der Waals surface area contributed by atoms with Gasteiger partial charge in [-0.05, 0) is 49.1 Å². The van der Waals surface area contributed by atoms with E-state index in [0.29, 0.717) is 23.6 Å². The van der Waals surface area contributed by atoms with Crippen LogP contribution in [-0.2, 0) is 22.4 Å². The minimum atomic E-state index is -0.699. The fraction of sp³-hybridized carbons (Fsp3) is 0.190. The first-order valence-electron chi connectivity index (χ1n) is 9.13. The molecule has 2 amide bonds. The molecule has 1 aliphatic carbocycles. The van der Waals surface area contributed by atoms with Crippen LogP contribution in [0, 0.1) is 0 Å². The van der Waals surface area contributed by atoms with E-state index >= 15 is 0 Å². The van der Waals surface area contributed by atoms with Gasteiger partial charge in [0.2, 0.25) is 0 Å². The van der Waals surface area contributed by atoms with E-state index in [0.717, 1.165) is 24.1 Å². The summed E-state index contributed by atoms with van der Waals surface area (Å²) in [6, 6.07) is 16.2. The Morgan fingerprint density at radius 3 is 2.71 bits per heavy atom. The van der Waals surface area contributed by atoms with Gasteiger partial charge < -0.3 is 15.4 Å². The number of ether oxygens (including phenoxy) is 1. The number of aryl methyl sites for hydroxylation is 1. The first-order valence-corrected chi connectivity index (χ1v) is 9.13. The summed E-state index contributed by atoms with van der Waals surface area (Å²) in [5, 5.41) is 12.4. The summed E-state index contributed by atoms with van der Waals surface area (Å²) in [6.45, 7) is 0. The highest BCUT2D eigenvalue weighted by molar-refractivity contribution is 6.39. The molecule has 0 spiro atoms. The van der Waals surface area contributed by atoms with E-state index in [1.54, 1.807) is 30.5 Å². The number of aromatic nitrogens is 2. The van der Waals surface area contributed by atoms with Gasteiger partial charge in [0, 0.05) is 23.5 Å². The molecule has 1 heterocycles. The Balaban J connectivity index is 1.34. The van der Waals surface area contributed by atoms with Crippen molar-refractivity contribution >= 4 is 17.5 Å². The molecule has 2 aromatic carbocycles. The van der Waals surface area contributed by atoms with E-state index in [1.165, 1.54) is 0 Å². The molecule has 1 aromatic heterocycles. The monoisotopic (exact) mass is 376 g/mol. The molecule has 3 N–H and O–H groups in total. The van der Waals surface area contributed by atoms with Crippen molar-refractivity contribution in [1.29, 1.82) is 0 Å². The highest BCUT2D eigenvalue weighted by Gasteiger charge is 2.24. The quantitative estimate of drug-likeness (QED) is 0.610. The van der Waals surface area contributed by atoms with Crippen molar-refractivity contribution in [2.45, 2.75) is 25.3 Å². The van der Waals surface area contributed by atoms with Crippen molar-refractivity contribution < 1.29 is 14.3 Å². The van der Waals surface area contributed by atoms with Crippen molar-refractivity contribution in [3.8, 4) is 11.5 Å². The number of rotatable bonds is 4. The Morgan fingerprint density at radius 1 is 1.04 bits per heavy atom. The summed E-state index contributed by atoms with van der Waals surface area (Å²) in [4.78, 5) is 24.5. The molecule has 1 atom stereocenters. The SMILES string of the molecule is O=C(Nc1cccc(Oc2ccccc2)c1)C(=O)NC1CCc2[nH]ncc2C1. The van der Waals surface area contributed by atoms with Crippen LogP contribution in [0.25, 0.3) is 0 Å². The Bertz CT molecular complexity index is 984. The molecular weight excluding hydrogens is 356 g/mol. The third-order valence-corrected chi connectivity index (χ3v) is 4.63. The standard InChI is InChI=1S/C21H20N4O3/c26-20(21(27)24-16-9-10-19-14(11-16)13-22-25-19)23-15-5-4-8-18(12-15)28-17-6-2-1-3-7-17/h1-8,12-13,16H,9-11H2,(H,22,25)(H,23,26)(H,24,27). The summed E-state index contributed by atoms with van der Waals surface area (Å²) >= 11 is 0. The average molecular weight is 376 g/mol. The van der Waals surface area contributed by atoms with E-state index in [-0.39, 0.29) is 6.04 Å². The molecule has 4 rings (SSSR count). The summed E-state index contributed by atoms with van der Waals surface area (Å²) in [5.41, 5.74) is 2.68. The predicted molar refractivity (Wildman–Crippen MR) is 104 cm³/mol. The first kappa shape index (κ1) is 17.8. The number of aromatic amines is 1. The molecule has 1 aliphatic rings. The van der Waals surface area contributed by atoms with Gasteiger partial charge in [-0.25, -0.2) is 0 Å². The van der Waals surface area contributed by atoms with Crippen LogP contribution in [0.3, 0.4) is 0 Å². The van der Waals surface area contributed by atoms with E-state index in [4.69, 9.17) is 4.74 Å². The Morgan fingerprint density at radius 2 is 1.86 bits per heavy atom. The molecule has 3 aromatic rings. The largest absolute Gasteiger partial charge is 0.457 e. The maximum Gasteiger partial charge on any atom is 0.313 e. The summed E-state index contributed by atoms with van der Waals surface area (Å²) in [7, 11) is 0. The predicted octanol–water partition coefficient (Wildman–Crippen LogP) is 2.81. The van der Waals surface area contributed by atoms with Crippen LogP contribution in [-0.4, -0.2) is 28.1 Å². The average Bonchev–Trinajstić information content (AvgIpc) is 3.17. The summed E-state index contributed by atoms with van der Waals surface area (Å²) in [5.74, 6) is -0.0787.